The van der Waals surface area contributed by atoms with Crippen molar-refractivity contribution in [3.05, 3.63) is 90.0 Å². The molecule has 28 heavy (non-hydrogen) atoms. The molecule has 0 bridgehead atoms. The highest BCUT2D eigenvalue weighted by molar-refractivity contribution is 5.90. The van der Waals surface area contributed by atoms with E-state index < -0.39 is 0 Å². The van der Waals surface area contributed by atoms with Crippen LogP contribution in [0.15, 0.2) is 72.9 Å². The molecule has 1 heterocycles. The number of anilines is 1. The van der Waals surface area contributed by atoms with E-state index in [0.717, 1.165) is 5.56 Å². The largest absolute Gasteiger partial charge is 0.494 e. The second-order valence-electron chi connectivity index (χ2n) is 6.00. The summed E-state index contributed by atoms with van der Waals surface area (Å²) in [5.41, 5.74) is 2.18. The van der Waals surface area contributed by atoms with Crippen molar-refractivity contribution in [2.75, 3.05) is 11.9 Å². The van der Waals surface area contributed by atoms with E-state index in [0.29, 0.717) is 36.6 Å². The van der Waals surface area contributed by atoms with Crippen LogP contribution in [0.2, 0.25) is 0 Å². The Balaban J connectivity index is 1.46. The molecule has 3 aromatic rings. The number of halogens is 1. The molecule has 0 saturated heterocycles. The van der Waals surface area contributed by atoms with E-state index in [-0.39, 0.29) is 11.7 Å². The Morgan fingerprint density at radius 1 is 1.04 bits per heavy atom. The molecule has 0 aliphatic heterocycles. The number of pyridine rings is 1. The number of ether oxygens (including phenoxy) is 1. The third-order valence-electron chi connectivity index (χ3n) is 3.78. The molecule has 1 aromatic heterocycles. The zero-order valence-corrected chi connectivity index (χ0v) is 15.2. The van der Waals surface area contributed by atoms with Gasteiger partial charge >= 0.3 is 0 Å². The number of hydrogen-bond donors (Lipinski definition) is 1. The molecule has 0 aliphatic carbocycles. The van der Waals surface area contributed by atoms with Gasteiger partial charge in [-0.15, -0.1) is 0 Å². The molecule has 140 valence electrons. The molecule has 1 amide bonds. The molecule has 0 atom stereocenters. The summed E-state index contributed by atoms with van der Waals surface area (Å²) in [7, 11) is 0. The van der Waals surface area contributed by atoms with Crippen LogP contribution < -0.4 is 10.1 Å². The van der Waals surface area contributed by atoms with Gasteiger partial charge in [0.1, 0.15) is 17.3 Å². The van der Waals surface area contributed by atoms with Gasteiger partial charge in [0.25, 0.3) is 0 Å². The highest BCUT2D eigenvalue weighted by Gasteiger charge is 2.03. The Hall–Kier alpha value is -3.65. The van der Waals surface area contributed by atoms with Crippen LogP contribution in [-0.2, 0) is 4.79 Å². The average molecular weight is 374 g/mol. The van der Waals surface area contributed by atoms with Gasteiger partial charge in [-0.25, -0.2) is 9.37 Å². The number of rotatable bonds is 6. The first-order valence-corrected chi connectivity index (χ1v) is 8.90. The number of amides is 1. The Kier molecular flexibility index (Phi) is 6.75. The van der Waals surface area contributed by atoms with Crippen LogP contribution >= 0.6 is 0 Å². The fourth-order valence-corrected chi connectivity index (χ4v) is 2.42. The normalized spacial score (nSPS) is 9.89. The zero-order chi connectivity index (χ0) is 19.6. The predicted octanol–water partition coefficient (Wildman–Crippen LogP) is 4.42. The minimum Gasteiger partial charge on any atom is -0.494 e. The van der Waals surface area contributed by atoms with Gasteiger partial charge in [0.15, 0.2) is 0 Å². The molecule has 0 saturated carbocycles. The Morgan fingerprint density at radius 2 is 1.89 bits per heavy atom. The van der Waals surface area contributed by atoms with Crippen LogP contribution in [-0.4, -0.2) is 17.5 Å². The van der Waals surface area contributed by atoms with E-state index in [1.165, 1.54) is 12.1 Å². The third kappa shape index (κ3) is 6.26. The van der Waals surface area contributed by atoms with Crippen LogP contribution in [0.4, 0.5) is 10.1 Å². The number of carbonyl (C=O) groups excluding carboxylic acids is 1. The van der Waals surface area contributed by atoms with Crippen molar-refractivity contribution in [1.82, 2.24) is 4.98 Å². The first-order valence-electron chi connectivity index (χ1n) is 8.90. The van der Waals surface area contributed by atoms with E-state index in [1.54, 1.807) is 18.3 Å². The van der Waals surface area contributed by atoms with Gasteiger partial charge < -0.3 is 10.1 Å². The number of benzene rings is 2. The van der Waals surface area contributed by atoms with E-state index in [2.05, 4.69) is 22.1 Å². The van der Waals surface area contributed by atoms with Gasteiger partial charge in [0.05, 0.1) is 6.61 Å². The van der Waals surface area contributed by atoms with Gasteiger partial charge in [0, 0.05) is 23.9 Å². The fourth-order valence-electron chi connectivity index (χ4n) is 2.42. The lowest BCUT2D eigenvalue weighted by atomic mass is 10.2. The molecule has 2 aromatic carbocycles. The second-order valence-corrected chi connectivity index (χ2v) is 6.00. The topological polar surface area (TPSA) is 51.2 Å². The number of nitrogens with zero attached hydrogens (tertiary/aromatic N) is 1. The van der Waals surface area contributed by atoms with E-state index in [9.17, 15) is 9.18 Å². The highest BCUT2D eigenvalue weighted by Crippen LogP contribution is 2.13. The first-order chi connectivity index (χ1) is 13.7. The smallest absolute Gasteiger partial charge is 0.224 e. The van der Waals surface area contributed by atoms with Gasteiger partial charge in [-0.05, 0) is 66.9 Å². The summed E-state index contributed by atoms with van der Waals surface area (Å²) in [6, 6.07) is 18.7. The lowest BCUT2D eigenvalue weighted by molar-refractivity contribution is -0.116. The maximum atomic E-state index is 12.8. The molecule has 3 rings (SSSR count). The van der Waals surface area contributed by atoms with Crippen molar-refractivity contribution in [3.63, 3.8) is 0 Å². The summed E-state index contributed by atoms with van der Waals surface area (Å²) in [5, 5.41) is 2.86. The number of aromatic nitrogens is 1. The second kappa shape index (κ2) is 9.89. The van der Waals surface area contributed by atoms with Gasteiger partial charge in [0.2, 0.25) is 5.91 Å². The van der Waals surface area contributed by atoms with Crippen LogP contribution in [0.1, 0.15) is 24.1 Å². The summed E-state index contributed by atoms with van der Waals surface area (Å²) >= 11 is 0. The maximum Gasteiger partial charge on any atom is 0.224 e. The third-order valence-corrected chi connectivity index (χ3v) is 3.78. The molecular formula is C23H19FN2O2. The maximum absolute atomic E-state index is 12.8. The lowest BCUT2D eigenvalue weighted by Gasteiger charge is -2.07. The van der Waals surface area contributed by atoms with Crippen molar-refractivity contribution in [1.29, 1.82) is 0 Å². The predicted molar refractivity (Wildman–Crippen MR) is 106 cm³/mol. The van der Waals surface area contributed by atoms with Crippen LogP contribution in [0.25, 0.3) is 0 Å². The van der Waals surface area contributed by atoms with Crippen molar-refractivity contribution in [3.8, 4) is 17.6 Å². The molecule has 0 fully saturated rings. The van der Waals surface area contributed by atoms with E-state index in [4.69, 9.17) is 4.74 Å². The number of hydrogen-bond acceptors (Lipinski definition) is 3. The standard InChI is InChI=1S/C23H19FN2O2/c24-19-10-13-22(14-11-19)28-16-4-8-23(27)26-21-7-3-5-18(17-21)9-12-20-6-1-2-15-25-20/h1-3,5-7,10-11,13-15,17H,4,8,16H2,(H,26,27). The minimum absolute atomic E-state index is 0.0995. The number of nitrogens with one attached hydrogen (secondary N) is 1. The average Bonchev–Trinajstić information content (AvgIpc) is 2.72. The van der Waals surface area contributed by atoms with Crippen molar-refractivity contribution in [2.45, 2.75) is 12.8 Å². The Labute approximate surface area is 163 Å². The number of carbonyl (C=O) groups is 1. The van der Waals surface area contributed by atoms with E-state index in [1.807, 2.05) is 42.5 Å². The molecule has 4 nitrogen and oxygen atoms in total. The Morgan fingerprint density at radius 3 is 2.68 bits per heavy atom. The molecule has 0 radical (unpaired) electrons. The minimum atomic E-state index is -0.307. The quantitative estimate of drug-likeness (QED) is 0.513. The first kappa shape index (κ1) is 19.1. The lowest BCUT2D eigenvalue weighted by Crippen LogP contribution is -2.12. The van der Waals surface area contributed by atoms with Crippen molar-refractivity contribution < 1.29 is 13.9 Å². The van der Waals surface area contributed by atoms with Gasteiger partial charge in [-0.2, -0.15) is 0 Å². The molecule has 0 spiro atoms. The molecular weight excluding hydrogens is 355 g/mol. The van der Waals surface area contributed by atoms with Crippen LogP contribution in [0.3, 0.4) is 0 Å². The summed E-state index contributed by atoms with van der Waals surface area (Å²) in [5.74, 6) is 6.21. The van der Waals surface area contributed by atoms with Crippen LogP contribution in [0.5, 0.6) is 5.75 Å². The van der Waals surface area contributed by atoms with Crippen molar-refractivity contribution >= 4 is 11.6 Å². The summed E-state index contributed by atoms with van der Waals surface area (Å²) in [4.78, 5) is 16.3. The zero-order valence-electron chi connectivity index (χ0n) is 15.2. The fraction of sp³-hybridized carbons (Fsp3) is 0.130. The van der Waals surface area contributed by atoms with E-state index >= 15 is 0 Å². The summed E-state index contributed by atoms with van der Waals surface area (Å²) in [6.07, 6.45) is 2.58. The highest BCUT2D eigenvalue weighted by atomic mass is 19.1. The molecule has 1 N–H and O–H groups in total. The SMILES string of the molecule is O=C(CCCOc1ccc(F)cc1)Nc1cccc(C#Cc2ccccn2)c1. The monoisotopic (exact) mass is 374 g/mol. The summed E-state index contributed by atoms with van der Waals surface area (Å²) < 4.78 is 18.3. The van der Waals surface area contributed by atoms with Crippen LogP contribution in [0, 0.1) is 17.7 Å². The molecule has 0 unspecified atom stereocenters. The van der Waals surface area contributed by atoms with Crippen molar-refractivity contribution in [2.24, 2.45) is 0 Å². The van der Waals surface area contributed by atoms with Gasteiger partial charge in [-0.1, -0.05) is 18.1 Å². The summed E-state index contributed by atoms with van der Waals surface area (Å²) in [6.45, 7) is 0.384. The molecule has 5 heteroatoms. The van der Waals surface area contributed by atoms with Gasteiger partial charge in [-0.3, -0.25) is 4.79 Å². The Bertz CT molecular complexity index is 977. The molecule has 0 aliphatic rings.